The number of rotatable bonds is 8. The number of fused-ring (bicyclic) bond motifs is 1. The third-order valence-corrected chi connectivity index (χ3v) is 7.13. The molecule has 3 aromatic rings. The van der Waals surface area contributed by atoms with E-state index in [0.29, 0.717) is 24.4 Å². The van der Waals surface area contributed by atoms with E-state index in [1.54, 1.807) is 4.90 Å². The zero-order valence-electron chi connectivity index (χ0n) is 19.8. The summed E-state index contributed by atoms with van der Waals surface area (Å²) in [6.45, 7) is 2.22. The maximum absolute atomic E-state index is 13.5. The number of carbonyl (C=O) groups is 2. The van der Waals surface area contributed by atoms with Gasteiger partial charge in [0.2, 0.25) is 11.8 Å². The molecule has 1 fully saturated rings. The Morgan fingerprint density at radius 1 is 0.971 bits per heavy atom. The van der Waals surface area contributed by atoms with Gasteiger partial charge in [-0.1, -0.05) is 85.5 Å². The molecule has 178 valence electrons. The molecule has 1 atom stereocenters. The van der Waals surface area contributed by atoms with Crippen LogP contribution in [0.1, 0.15) is 56.6 Å². The molecule has 0 bridgehead atoms. The predicted octanol–water partition coefficient (Wildman–Crippen LogP) is 6.29. The lowest BCUT2D eigenvalue weighted by Gasteiger charge is -2.31. The van der Waals surface area contributed by atoms with Crippen LogP contribution in [0.25, 0.3) is 10.8 Å². The Morgan fingerprint density at radius 3 is 2.44 bits per heavy atom. The molecule has 0 spiro atoms. The molecule has 0 radical (unpaired) electrons. The summed E-state index contributed by atoms with van der Waals surface area (Å²) in [5, 5.41) is 6.19. The van der Waals surface area contributed by atoms with Gasteiger partial charge in [-0.15, -0.1) is 0 Å². The maximum atomic E-state index is 13.5. The number of benzene rings is 3. The first-order chi connectivity index (χ1) is 16.5. The number of nitrogens with zero attached hydrogens (tertiary/aromatic N) is 1. The molecular weight excluding hydrogens is 444 g/mol. The van der Waals surface area contributed by atoms with E-state index in [9.17, 15) is 9.59 Å². The van der Waals surface area contributed by atoms with E-state index in [1.165, 1.54) is 17.2 Å². The van der Waals surface area contributed by atoms with Crippen LogP contribution < -0.4 is 5.32 Å². The van der Waals surface area contributed by atoms with Crippen molar-refractivity contribution >= 4 is 34.2 Å². The number of hydrogen-bond acceptors (Lipinski definition) is 2. The molecule has 0 aromatic heterocycles. The molecule has 34 heavy (non-hydrogen) atoms. The highest BCUT2D eigenvalue weighted by molar-refractivity contribution is 6.30. The molecule has 4 nitrogen and oxygen atoms in total. The Labute approximate surface area is 207 Å². The van der Waals surface area contributed by atoms with Crippen LogP contribution in [-0.2, 0) is 22.6 Å². The molecule has 1 saturated carbocycles. The van der Waals surface area contributed by atoms with E-state index in [1.807, 2.05) is 49.4 Å². The van der Waals surface area contributed by atoms with Gasteiger partial charge in [0.05, 0.1) is 0 Å². The Bertz CT molecular complexity index is 1120. The minimum atomic E-state index is -0.544. The van der Waals surface area contributed by atoms with Gasteiger partial charge in [-0.2, -0.15) is 0 Å². The average Bonchev–Trinajstić information content (AvgIpc) is 2.87. The number of hydrogen-bond donors (Lipinski definition) is 1. The summed E-state index contributed by atoms with van der Waals surface area (Å²) < 4.78 is 0. The zero-order chi connectivity index (χ0) is 23.9. The molecular formula is C29H33ClN2O2. The van der Waals surface area contributed by atoms with Gasteiger partial charge < -0.3 is 10.2 Å². The van der Waals surface area contributed by atoms with Crippen molar-refractivity contribution in [1.82, 2.24) is 10.2 Å². The third kappa shape index (κ3) is 6.18. The fourth-order valence-corrected chi connectivity index (χ4v) is 4.96. The fourth-order valence-electron chi connectivity index (χ4n) is 4.83. The second kappa shape index (κ2) is 11.5. The van der Waals surface area contributed by atoms with Gasteiger partial charge in [-0.3, -0.25) is 9.59 Å². The average molecular weight is 477 g/mol. The van der Waals surface area contributed by atoms with Gasteiger partial charge >= 0.3 is 0 Å². The summed E-state index contributed by atoms with van der Waals surface area (Å²) in [7, 11) is 0. The van der Waals surface area contributed by atoms with Gasteiger partial charge in [0.1, 0.15) is 6.04 Å². The number of halogens is 1. The molecule has 0 aliphatic heterocycles. The van der Waals surface area contributed by atoms with Crippen molar-refractivity contribution in [1.29, 1.82) is 0 Å². The number of aryl methyl sites for hydroxylation is 1. The number of nitrogens with one attached hydrogen (secondary N) is 1. The molecule has 1 N–H and O–H groups in total. The number of amides is 2. The molecule has 0 heterocycles. The molecule has 0 saturated heterocycles. The van der Waals surface area contributed by atoms with Gasteiger partial charge in [0, 0.05) is 24.0 Å². The third-order valence-electron chi connectivity index (χ3n) is 6.87. The largest absolute Gasteiger partial charge is 0.352 e. The van der Waals surface area contributed by atoms with Crippen molar-refractivity contribution in [2.24, 2.45) is 0 Å². The van der Waals surface area contributed by atoms with Crippen molar-refractivity contribution in [2.45, 2.75) is 70.5 Å². The van der Waals surface area contributed by atoms with Crippen molar-refractivity contribution in [2.75, 3.05) is 0 Å². The standard InChI is InChI=1S/C29H33ClN2O2/c1-21(29(34)31-26-11-3-2-4-12-26)32(20-22-14-17-25(30)18-15-22)28(33)19-16-24-10-7-9-23-8-5-6-13-27(23)24/h5-10,13-15,17-18,21,26H,2-4,11-12,16,19-20H2,1H3,(H,31,34)/t21-/m0/s1. The van der Waals surface area contributed by atoms with Crippen LogP contribution in [0.15, 0.2) is 66.7 Å². The highest BCUT2D eigenvalue weighted by atomic mass is 35.5. The Kier molecular flexibility index (Phi) is 8.23. The Balaban J connectivity index is 1.49. The van der Waals surface area contributed by atoms with Crippen LogP contribution >= 0.6 is 11.6 Å². The summed E-state index contributed by atoms with van der Waals surface area (Å²) in [4.78, 5) is 28.3. The van der Waals surface area contributed by atoms with Crippen molar-refractivity contribution in [3.05, 3.63) is 82.9 Å². The zero-order valence-corrected chi connectivity index (χ0v) is 20.6. The summed E-state index contributed by atoms with van der Waals surface area (Å²) in [6, 6.07) is 21.6. The molecule has 5 heteroatoms. The van der Waals surface area contributed by atoms with Crippen LogP contribution in [0.4, 0.5) is 0 Å². The van der Waals surface area contributed by atoms with E-state index >= 15 is 0 Å². The van der Waals surface area contributed by atoms with Crippen molar-refractivity contribution in [3.8, 4) is 0 Å². The first-order valence-corrected chi connectivity index (χ1v) is 12.7. The summed E-state index contributed by atoms with van der Waals surface area (Å²) in [5.74, 6) is -0.0893. The molecule has 4 rings (SSSR count). The van der Waals surface area contributed by atoms with E-state index in [4.69, 9.17) is 11.6 Å². The van der Waals surface area contributed by atoms with Crippen LogP contribution in [0.3, 0.4) is 0 Å². The van der Waals surface area contributed by atoms with E-state index < -0.39 is 6.04 Å². The quantitative estimate of drug-likeness (QED) is 0.415. The Morgan fingerprint density at radius 2 is 1.68 bits per heavy atom. The van der Waals surface area contributed by atoms with E-state index in [-0.39, 0.29) is 17.9 Å². The molecule has 1 aliphatic carbocycles. The normalized spacial score (nSPS) is 15.1. The smallest absolute Gasteiger partial charge is 0.242 e. The van der Waals surface area contributed by atoms with Crippen LogP contribution in [0.5, 0.6) is 0 Å². The summed E-state index contributed by atoms with van der Waals surface area (Å²) >= 11 is 6.05. The molecule has 0 unspecified atom stereocenters. The van der Waals surface area contributed by atoms with Crippen LogP contribution in [0, 0.1) is 0 Å². The van der Waals surface area contributed by atoms with Gasteiger partial charge in [0.25, 0.3) is 0 Å². The second-order valence-electron chi connectivity index (χ2n) is 9.31. The van der Waals surface area contributed by atoms with Crippen LogP contribution in [0.2, 0.25) is 5.02 Å². The molecule has 2 amide bonds. The highest BCUT2D eigenvalue weighted by Crippen LogP contribution is 2.22. The SMILES string of the molecule is C[C@@H](C(=O)NC1CCCCC1)N(Cc1ccc(Cl)cc1)C(=O)CCc1cccc2ccccc12. The van der Waals surface area contributed by atoms with Gasteiger partial charge in [-0.05, 0) is 60.2 Å². The topological polar surface area (TPSA) is 49.4 Å². The van der Waals surface area contributed by atoms with Crippen molar-refractivity contribution < 1.29 is 9.59 Å². The predicted molar refractivity (Wildman–Crippen MR) is 139 cm³/mol. The lowest BCUT2D eigenvalue weighted by molar-refractivity contribution is -0.141. The lowest BCUT2D eigenvalue weighted by atomic mass is 9.95. The first-order valence-electron chi connectivity index (χ1n) is 12.3. The second-order valence-corrected chi connectivity index (χ2v) is 9.74. The summed E-state index contributed by atoms with van der Waals surface area (Å²) in [5.41, 5.74) is 2.11. The minimum absolute atomic E-state index is 0.0193. The molecule has 1 aliphatic rings. The van der Waals surface area contributed by atoms with E-state index in [0.717, 1.165) is 36.8 Å². The lowest BCUT2D eigenvalue weighted by Crippen LogP contribution is -2.50. The van der Waals surface area contributed by atoms with Gasteiger partial charge in [-0.25, -0.2) is 0 Å². The fraction of sp³-hybridized carbons (Fsp3) is 0.379. The maximum Gasteiger partial charge on any atom is 0.242 e. The minimum Gasteiger partial charge on any atom is -0.352 e. The Hall–Kier alpha value is -2.85. The molecule has 3 aromatic carbocycles. The van der Waals surface area contributed by atoms with Crippen molar-refractivity contribution in [3.63, 3.8) is 0 Å². The van der Waals surface area contributed by atoms with Crippen LogP contribution in [-0.4, -0.2) is 28.8 Å². The first kappa shape index (κ1) is 24.3. The monoisotopic (exact) mass is 476 g/mol. The number of carbonyl (C=O) groups excluding carboxylic acids is 2. The highest BCUT2D eigenvalue weighted by Gasteiger charge is 2.28. The van der Waals surface area contributed by atoms with Gasteiger partial charge in [0.15, 0.2) is 0 Å². The van der Waals surface area contributed by atoms with E-state index in [2.05, 4.69) is 29.6 Å². The summed E-state index contributed by atoms with van der Waals surface area (Å²) in [6.07, 6.45) is 6.55.